The Bertz CT molecular complexity index is 520. The van der Waals surface area contributed by atoms with Gasteiger partial charge in [-0.1, -0.05) is 6.07 Å². The molecule has 0 amide bonds. The average molecular weight is 260 g/mol. The summed E-state index contributed by atoms with van der Waals surface area (Å²) in [7, 11) is 0. The molecule has 3 saturated heterocycles. The molecule has 0 saturated carbocycles. The molecular formula is C15H18NO3+. The summed E-state index contributed by atoms with van der Waals surface area (Å²) >= 11 is 0. The second-order valence-electron chi connectivity index (χ2n) is 5.78. The molecule has 100 valence electrons. The maximum atomic E-state index is 12.3. The third kappa shape index (κ3) is 1.82. The van der Waals surface area contributed by atoms with Gasteiger partial charge in [-0.2, -0.15) is 0 Å². The standard InChI is InChI=1S/C15H17NO3/c17-15-11-3-5-16(6-4-11)12(15)7-10-1-2-13-14(8-10)19-9-18-13/h1-2,8,11-12H,3-7,9H2/p+1. The largest absolute Gasteiger partial charge is 0.454 e. The first-order chi connectivity index (χ1) is 9.31. The second kappa shape index (κ2) is 4.23. The summed E-state index contributed by atoms with van der Waals surface area (Å²) in [5.74, 6) is 2.44. The first-order valence-corrected chi connectivity index (χ1v) is 7.08. The number of nitrogens with one attached hydrogen (secondary N) is 1. The Morgan fingerprint density at radius 3 is 2.74 bits per heavy atom. The summed E-state index contributed by atoms with van der Waals surface area (Å²) in [4.78, 5) is 13.8. The van der Waals surface area contributed by atoms with E-state index >= 15 is 0 Å². The monoisotopic (exact) mass is 260 g/mol. The molecule has 4 aliphatic rings. The zero-order valence-electron chi connectivity index (χ0n) is 10.9. The Morgan fingerprint density at radius 2 is 1.95 bits per heavy atom. The van der Waals surface area contributed by atoms with Crippen LogP contribution in [-0.2, 0) is 11.2 Å². The number of ketones is 1. The van der Waals surface area contributed by atoms with Gasteiger partial charge in [0, 0.05) is 25.2 Å². The topological polar surface area (TPSA) is 40.0 Å². The molecule has 19 heavy (non-hydrogen) atoms. The molecule has 2 bridgehead atoms. The van der Waals surface area contributed by atoms with E-state index in [0.717, 1.165) is 43.9 Å². The number of carbonyl (C=O) groups is 1. The third-order valence-electron chi connectivity index (χ3n) is 4.74. The van der Waals surface area contributed by atoms with E-state index in [4.69, 9.17) is 9.47 Å². The molecule has 0 aromatic heterocycles. The van der Waals surface area contributed by atoms with Gasteiger partial charge in [0.25, 0.3) is 0 Å². The summed E-state index contributed by atoms with van der Waals surface area (Å²) in [6.45, 7) is 2.62. The number of rotatable bonds is 2. The minimum atomic E-state index is 0.160. The number of ether oxygens (including phenoxy) is 2. The molecule has 5 rings (SSSR count). The van der Waals surface area contributed by atoms with Crippen LogP contribution in [0.4, 0.5) is 0 Å². The van der Waals surface area contributed by atoms with Crippen molar-refractivity contribution in [1.29, 1.82) is 0 Å². The van der Waals surface area contributed by atoms with Crippen molar-refractivity contribution < 1.29 is 19.2 Å². The minimum Gasteiger partial charge on any atom is -0.454 e. The average Bonchev–Trinajstić information content (AvgIpc) is 2.91. The highest BCUT2D eigenvalue weighted by atomic mass is 16.7. The maximum Gasteiger partial charge on any atom is 0.231 e. The van der Waals surface area contributed by atoms with Crippen molar-refractivity contribution in [2.75, 3.05) is 19.9 Å². The molecule has 4 aliphatic heterocycles. The highest BCUT2D eigenvalue weighted by molar-refractivity contribution is 5.86. The second-order valence-corrected chi connectivity index (χ2v) is 5.78. The predicted octanol–water partition coefficient (Wildman–Crippen LogP) is 0.204. The Hall–Kier alpha value is -1.55. The molecule has 1 N–H and O–H groups in total. The van der Waals surface area contributed by atoms with Gasteiger partial charge in [0.2, 0.25) is 6.79 Å². The van der Waals surface area contributed by atoms with Crippen molar-refractivity contribution in [1.82, 2.24) is 0 Å². The number of benzene rings is 1. The summed E-state index contributed by atoms with van der Waals surface area (Å²) in [6, 6.07) is 6.20. The molecule has 3 fully saturated rings. The van der Waals surface area contributed by atoms with E-state index in [2.05, 4.69) is 6.07 Å². The summed E-state index contributed by atoms with van der Waals surface area (Å²) < 4.78 is 10.7. The molecule has 4 nitrogen and oxygen atoms in total. The lowest BCUT2D eigenvalue weighted by Gasteiger charge is -2.41. The quantitative estimate of drug-likeness (QED) is 0.826. The van der Waals surface area contributed by atoms with Gasteiger partial charge in [0.05, 0.1) is 13.1 Å². The van der Waals surface area contributed by atoms with Crippen LogP contribution in [0.5, 0.6) is 11.5 Å². The molecular weight excluding hydrogens is 242 g/mol. The number of Topliss-reactive ketones (excluding diaryl/α,β-unsaturated/α-hetero) is 1. The lowest BCUT2D eigenvalue weighted by molar-refractivity contribution is -0.927. The van der Waals surface area contributed by atoms with E-state index in [1.807, 2.05) is 12.1 Å². The van der Waals surface area contributed by atoms with Gasteiger partial charge in [-0.05, 0) is 17.7 Å². The third-order valence-corrected chi connectivity index (χ3v) is 4.74. The normalized spacial score (nSPS) is 31.8. The van der Waals surface area contributed by atoms with Crippen molar-refractivity contribution in [3.8, 4) is 11.5 Å². The van der Waals surface area contributed by atoms with Crippen LogP contribution < -0.4 is 14.4 Å². The Morgan fingerprint density at radius 1 is 1.16 bits per heavy atom. The van der Waals surface area contributed by atoms with Gasteiger partial charge in [-0.25, -0.2) is 0 Å². The zero-order valence-corrected chi connectivity index (χ0v) is 10.9. The minimum absolute atomic E-state index is 0.160. The number of piperidine rings is 3. The van der Waals surface area contributed by atoms with Crippen LogP contribution in [0.3, 0.4) is 0 Å². The van der Waals surface area contributed by atoms with Crippen molar-refractivity contribution in [2.24, 2.45) is 5.92 Å². The van der Waals surface area contributed by atoms with Crippen LogP contribution >= 0.6 is 0 Å². The van der Waals surface area contributed by atoms with E-state index < -0.39 is 0 Å². The molecule has 4 heteroatoms. The van der Waals surface area contributed by atoms with E-state index in [1.54, 1.807) is 0 Å². The highest BCUT2D eigenvalue weighted by Gasteiger charge is 2.44. The van der Waals surface area contributed by atoms with E-state index in [-0.39, 0.29) is 6.04 Å². The first-order valence-electron chi connectivity index (χ1n) is 7.08. The molecule has 0 aliphatic carbocycles. The number of fused-ring (bicyclic) bond motifs is 4. The van der Waals surface area contributed by atoms with Crippen molar-refractivity contribution in [3.05, 3.63) is 23.8 Å². The molecule has 0 radical (unpaired) electrons. The summed E-state index contributed by atoms with van der Waals surface area (Å²) in [6.07, 6.45) is 3.01. The van der Waals surface area contributed by atoms with Gasteiger partial charge >= 0.3 is 0 Å². The first kappa shape index (κ1) is 11.3. The SMILES string of the molecule is O=C1C2CC[NH+](CC2)C1Cc1ccc2c(c1)OCO2. The lowest BCUT2D eigenvalue weighted by atomic mass is 9.80. The van der Waals surface area contributed by atoms with Crippen molar-refractivity contribution in [3.63, 3.8) is 0 Å². The van der Waals surface area contributed by atoms with Crippen LogP contribution in [0.15, 0.2) is 18.2 Å². The fraction of sp³-hybridized carbons (Fsp3) is 0.533. The van der Waals surface area contributed by atoms with Gasteiger partial charge in [-0.15, -0.1) is 0 Å². The summed E-state index contributed by atoms with van der Waals surface area (Å²) in [5, 5.41) is 0. The van der Waals surface area contributed by atoms with Crippen LogP contribution in [0.2, 0.25) is 0 Å². The molecule has 1 aromatic carbocycles. The number of carbonyl (C=O) groups excluding carboxylic acids is 1. The Labute approximate surface area is 112 Å². The summed E-state index contributed by atoms with van der Waals surface area (Å²) in [5.41, 5.74) is 1.18. The van der Waals surface area contributed by atoms with Crippen molar-refractivity contribution in [2.45, 2.75) is 25.3 Å². The fourth-order valence-electron chi connectivity index (χ4n) is 3.66. The molecule has 1 aromatic rings. The predicted molar refractivity (Wildman–Crippen MR) is 68.5 cm³/mol. The lowest BCUT2D eigenvalue weighted by Crippen LogP contribution is -3.20. The van der Waals surface area contributed by atoms with E-state index in [9.17, 15) is 4.79 Å². The molecule has 0 spiro atoms. The zero-order chi connectivity index (χ0) is 12.8. The van der Waals surface area contributed by atoms with Gasteiger partial charge in [-0.3, -0.25) is 4.79 Å². The van der Waals surface area contributed by atoms with Crippen LogP contribution in [0.25, 0.3) is 0 Å². The van der Waals surface area contributed by atoms with Crippen LogP contribution in [-0.4, -0.2) is 31.7 Å². The van der Waals surface area contributed by atoms with Gasteiger partial charge in [0.15, 0.2) is 23.3 Å². The number of hydrogen-bond donors (Lipinski definition) is 1. The number of quaternary nitrogens is 1. The van der Waals surface area contributed by atoms with Crippen LogP contribution in [0.1, 0.15) is 18.4 Å². The smallest absolute Gasteiger partial charge is 0.231 e. The molecule has 4 heterocycles. The van der Waals surface area contributed by atoms with Gasteiger partial charge < -0.3 is 14.4 Å². The molecule has 1 unspecified atom stereocenters. The Kier molecular flexibility index (Phi) is 2.52. The maximum absolute atomic E-state index is 12.3. The molecule has 1 atom stereocenters. The Balaban J connectivity index is 1.56. The van der Waals surface area contributed by atoms with E-state index in [0.29, 0.717) is 18.5 Å². The van der Waals surface area contributed by atoms with Crippen molar-refractivity contribution >= 4 is 5.78 Å². The van der Waals surface area contributed by atoms with Crippen LogP contribution in [0, 0.1) is 5.92 Å². The van der Waals surface area contributed by atoms with Gasteiger partial charge in [0.1, 0.15) is 0 Å². The van der Waals surface area contributed by atoms with E-state index in [1.165, 1.54) is 10.5 Å². The fourth-order valence-corrected chi connectivity index (χ4v) is 3.66. The number of hydrogen-bond acceptors (Lipinski definition) is 3. The highest BCUT2D eigenvalue weighted by Crippen LogP contribution is 2.33.